The molecule has 5 nitrogen and oxygen atoms in total. The molecular weight excluding hydrogens is 428 g/mol. The Morgan fingerprint density at radius 3 is 2.81 bits per heavy atom. The highest BCUT2D eigenvalue weighted by molar-refractivity contribution is 9.10. The summed E-state index contributed by atoms with van der Waals surface area (Å²) >= 11 is 5.09. The second-order valence-corrected chi connectivity index (χ2v) is 7.36. The normalized spacial score (nSPS) is 10.6. The van der Waals surface area contributed by atoms with Crippen molar-refractivity contribution in [2.45, 2.75) is 11.3 Å². The fraction of sp³-hybridized carbons (Fsp3) is 0.200. The maximum Gasteiger partial charge on any atom is 0.240 e. The maximum absolute atomic E-state index is 11.9. The van der Waals surface area contributed by atoms with Gasteiger partial charge in [-0.15, -0.1) is 11.8 Å². The van der Waals surface area contributed by atoms with Gasteiger partial charge in [-0.05, 0) is 45.8 Å². The van der Waals surface area contributed by atoms with Gasteiger partial charge in [-0.3, -0.25) is 4.79 Å². The number of methoxy groups -OCH3 is 1. The van der Waals surface area contributed by atoms with Gasteiger partial charge in [0.2, 0.25) is 5.91 Å². The lowest BCUT2D eigenvalue weighted by Gasteiger charge is -2.12. The van der Waals surface area contributed by atoms with Gasteiger partial charge in [-0.25, -0.2) is 5.43 Å². The number of amides is 1. The molecule has 0 bridgehead atoms. The van der Waals surface area contributed by atoms with Crippen LogP contribution in [0.15, 0.2) is 69.6 Å². The summed E-state index contributed by atoms with van der Waals surface area (Å²) in [4.78, 5) is 13.0. The van der Waals surface area contributed by atoms with Crippen molar-refractivity contribution in [3.05, 3.63) is 65.2 Å². The van der Waals surface area contributed by atoms with E-state index >= 15 is 0 Å². The first-order valence-electron chi connectivity index (χ1n) is 8.25. The third-order valence-electron chi connectivity index (χ3n) is 3.34. The summed E-state index contributed by atoms with van der Waals surface area (Å²) in [5.74, 6) is 1.72. The van der Waals surface area contributed by atoms with Crippen LogP contribution in [-0.4, -0.2) is 31.6 Å². The molecule has 0 aliphatic rings. The van der Waals surface area contributed by atoms with E-state index in [0.717, 1.165) is 14.9 Å². The van der Waals surface area contributed by atoms with Crippen LogP contribution >= 0.6 is 27.7 Å². The molecule has 0 spiro atoms. The molecule has 1 amide bonds. The molecule has 1 N–H and O–H groups in total. The molecule has 0 aliphatic heterocycles. The van der Waals surface area contributed by atoms with E-state index in [0.29, 0.717) is 30.3 Å². The second kappa shape index (κ2) is 11.5. The van der Waals surface area contributed by atoms with Crippen molar-refractivity contribution in [3.63, 3.8) is 0 Å². The number of halogens is 1. The van der Waals surface area contributed by atoms with Crippen LogP contribution in [0.1, 0.15) is 12.0 Å². The lowest BCUT2D eigenvalue weighted by Crippen LogP contribution is -2.17. The van der Waals surface area contributed by atoms with Gasteiger partial charge in [0.1, 0.15) is 6.61 Å². The van der Waals surface area contributed by atoms with Gasteiger partial charge >= 0.3 is 0 Å². The minimum absolute atomic E-state index is 0.133. The average Bonchev–Trinajstić information content (AvgIpc) is 2.67. The number of nitrogens with one attached hydrogen (secondary N) is 1. The molecule has 0 aliphatic carbocycles. The van der Waals surface area contributed by atoms with E-state index in [2.05, 4.69) is 33.0 Å². The first-order valence-corrected chi connectivity index (χ1v) is 10.0. The third-order valence-corrected chi connectivity index (χ3v) is 4.94. The molecule has 0 atom stereocenters. The van der Waals surface area contributed by atoms with Crippen LogP contribution in [0.5, 0.6) is 11.5 Å². The van der Waals surface area contributed by atoms with E-state index in [-0.39, 0.29) is 5.91 Å². The Labute approximate surface area is 172 Å². The number of hydrazone groups is 1. The lowest BCUT2D eigenvalue weighted by atomic mass is 10.2. The van der Waals surface area contributed by atoms with Gasteiger partial charge in [0.15, 0.2) is 11.5 Å². The number of hydrogen-bond acceptors (Lipinski definition) is 5. The van der Waals surface area contributed by atoms with Crippen molar-refractivity contribution in [3.8, 4) is 11.5 Å². The fourth-order valence-electron chi connectivity index (χ4n) is 2.11. The van der Waals surface area contributed by atoms with Crippen molar-refractivity contribution in [2.24, 2.45) is 5.10 Å². The summed E-state index contributed by atoms with van der Waals surface area (Å²) in [7, 11) is 1.57. The quantitative estimate of drug-likeness (QED) is 0.248. The smallest absolute Gasteiger partial charge is 0.240 e. The summed E-state index contributed by atoms with van der Waals surface area (Å²) in [5, 5.41) is 4.01. The van der Waals surface area contributed by atoms with Gasteiger partial charge in [0.05, 0.1) is 17.8 Å². The van der Waals surface area contributed by atoms with E-state index in [1.807, 2.05) is 36.4 Å². The maximum atomic E-state index is 11.9. The highest BCUT2D eigenvalue weighted by Crippen LogP contribution is 2.36. The van der Waals surface area contributed by atoms with E-state index < -0.39 is 0 Å². The molecule has 27 heavy (non-hydrogen) atoms. The number of thioether (sulfide) groups is 1. The minimum Gasteiger partial charge on any atom is -0.493 e. The Balaban J connectivity index is 1.86. The highest BCUT2D eigenvalue weighted by atomic mass is 79.9. The van der Waals surface area contributed by atoms with E-state index in [9.17, 15) is 4.79 Å². The monoisotopic (exact) mass is 448 g/mol. The molecule has 0 unspecified atom stereocenters. The summed E-state index contributed by atoms with van der Waals surface area (Å²) in [6.07, 6.45) is 3.61. The van der Waals surface area contributed by atoms with Gasteiger partial charge in [-0.1, -0.05) is 30.9 Å². The Morgan fingerprint density at radius 1 is 1.33 bits per heavy atom. The van der Waals surface area contributed by atoms with Gasteiger partial charge in [0.25, 0.3) is 0 Å². The topological polar surface area (TPSA) is 59.9 Å². The molecule has 2 aromatic carbocycles. The molecule has 0 aromatic heterocycles. The zero-order valence-electron chi connectivity index (χ0n) is 15.0. The summed E-state index contributed by atoms with van der Waals surface area (Å²) in [5.41, 5.74) is 3.31. The Bertz CT molecular complexity index is 797. The second-order valence-electron chi connectivity index (χ2n) is 5.34. The Hall–Kier alpha value is -2.25. The Kier molecular flexibility index (Phi) is 8.94. The number of nitrogens with zero attached hydrogens (tertiary/aromatic N) is 1. The minimum atomic E-state index is -0.133. The van der Waals surface area contributed by atoms with Crippen LogP contribution in [0, 0.1) is 0 Å². The first kappa shape index (κ1) is 21.1. The van der Waals surface area contributed by atoms with Crippen molar-refractivity contribution in [1.82, 2.24) is 5.43 Å². The zero-order valence-corrected chi connectivity index (χ0v) is 17.4. The molecule has 0 saturated carbocycles. The average molecular weight is 449 g/mol. The number of carbonyl (C=O) groups excluding carboxylic acids is 1. The van der Waals surface area contributed by atoms with Gasteiger partial charge in [0, 0.05) is 17.1 Å². The van der Waals surface area contributed by atoms with Crippen molar-refractivity contribution < 1.29 is 14.3 Å². The number of hydrogen-bond donors (Lipinski definition) is 1. The van der Waals surface area contributed by atoms with Crippen LogP contribution in [0.25, 0.3) is 0 Å². The Morgan fingerprint density at radius 2 is 2.11 bits per heavy atom. The number of carbonyl (C=O) groups is 1. The number of ether oxygens (including phenoxy) is 2. The van der Waals surface area contributed by atoms with Crippen LogP contribution < -0.4 is 14.9 Å². The zero-order chi connectivity index (χ0) is 19.5. The van der Waals surface area contributed by atoms with Gasteiger partial charge < -0.3 is 9.47 Å². The van der Waals surface area contributed by atoms with Crippen molar-refractivity contribution >= 4 is 39.8 Å². The predicted molar refractivity (Wildman–Crippen MR) is 114 cm³/mol. The van der Waals surface area contributed by atoms with Crippen molar-refractivity contribution in [2.75, 3.05) is 19.5 Å². The standard InChI is InChI=1S/C20H21BrN2O3S/c1-3-10-26-20-17(21)12-15(13-18(20)25-2)14-22-23-19(24)9-11-27-16-7-5-4-6-8-16/h3-8,12-14H,1,9-11H2,2H3,(H,23,24)/b22-14-. The molecular formula is C20H21BrN2O3S. The lowest BCUT2D eigenvalue weighted by molar-refractivity contribution is -0.120. The van der Waals surface area contributed by atoms with Crippen LogP contribution in [-0.2, 0) is 4.79 Å². The summed E-state index contributed by atoms with van der Waals surface area (Å²) in [6, 6.07) is 13.6. The molecule has 142 valence electrons. The molecule has 0 fully saturated rings. The fourth-order valence-corrected chi connectivity index (χ4v) is 3.56. The molecule has 0 saturated heterocycles. The molecule has 2 rings (SSSR count). The molecule has 7 heteroatoms. The van der Waals surface area contributed by atoms with Crippen LogP contribution in [0.3, 0.4) is 0 Å². The first-order chi connectivity index (χ1) is 13.1. The van der Waals surface area contributed by atoms with E-state index in [1.54, 1.807) is 37.2 Å². The predicted octanol–water partition coefficient (Wildman–Crippen LogP) is 4.66. The summed E-state index contributed by atoms with van der Waals surface area (Å²) in [6.45, 7) is 4.00. The van der Waals surface area contributed by atoms with Crippen molar-refractivity contribution in [1.29, 1.82) is 0 Å². The van der Waals surface area contributed by atoms with Crippen LogP contribution in [0.4, 0.5) is 0 Å². The third kappa shape index (κ3) is 7.11. The highest BCUT2D eigenvalue weighted by Gasteiger charge is 2.10. The van der Waals surface area contributed by atoms with E-state index in [1.165, 1.54) is 0 Å². The largest absolute Gasteiger partial charge is 0.493 e. The molecule has 0 radical (unpaired) electrons. The number of rotatable bonds is 10. The summed E-state index contributed by atoms with van der Waals surface area (Å²) < 4.78 is 11.7. The van der Waals surface area contributed by atoms with E-state index in [4.69, 9.17) is 9.47 Å². The molecule has 0 heterocycles. The SMILES string of the molecule is C=CCOc1c(Br)cc(/C=N\NC(=O)CCSc2ccccc2)cc1OC. The molecule has 2 aromatic rings. The number of benzene rings is 2. The van der Waals surface area contributed by atoms with Gasteiger partial charge in [-0.2, -0.15) is 5.10 Å². The van der Waals surface area contributed by atoms with Crippen LogP contribution in [0.2, 0.25) is 0 Å².